The SMILES string of the molecule is N#Cc1ccc(N2CCN(C(=O)C3CN(S(=O)(=O)c4ccccc4)C(=O)N3C3CCCCC3)CC2)nc1. The highest BCUT2D eigenvalue weighted by Crippen LogP contribution is 2.32. The zero-order chi connectivity index (χ0) is 26.0. The summed E-state index contributed by atoms with van der Waals surface area (Å²) in [4.78, 5) is 37.1. The van der Waals surface area contributed by atoms with Crippen molar-refractivity contribution in [2.45, 2.75) is 49.1 Å². The molecule has 2 saturated heterocycles. The number of benzene rings is 1. The maximum absolute atomic E-state index is 13.8. The van der Waals surface area contributed by atoms with E-state index in [1.807, 2.05) is 0 Å². The molecular weight excluding hydrogens is 492 g/mol. The van der Waals surface area contributed by atoms with Crippen LogP contribution in [0.4, 0.5) is 10.6 Å². The summed E-state index contributed by atoms with van der Waals surface area (Å²) in [7, 11) is -4.08. The number of carbonyl (C=O) groups excluding carboxylic acids is 2. The van der Waals surface area contributed by atoms with Crippen LogP contribution in [0.25, 0.3) is 0 Å². The Kier molecular flexibility index (Phi) is 7.02. The van der Waals surface area contributed by atoms with Gasteiger partial charge in [-0.05, 0) is 37.1 Å². The monoisotopic (exact) mass is 522 g/mol. The third kappa shape index (κ3) is 4.85. The van der Waals surface area contributed by atoms with Gasteiger partial charge in [0.05, 0.1) is 17.0 Å². The minimum atomic E-state index is -4.08. The average molecular weight is 523 g/mol. The molecule has 37 heavy (non-hydrogen) atoms. The molecule has 1 aromatic heterocycles. The predicted molar refractivity (Wildman–Crippen MR) is 136 cm³/mol. The second kappa shape index (κ2) is 10.4. The van der Waals surface area contributed by atoms with Crippen molar-refractivity contribution >= 4 is 27.8 Å². The second-order valence-corrected chi connectivity index (χ2v) is 11.5. The number of sulfonamides is 1. The minimum Gasteiger partial charge on any atom is -0.353 e. The molecule has 1 atom stereocenters. The number of urea groups is 1. The van der Waals surface area contributed by atoms with Crippen molar-refractivity contribution in [3.63, 3.8) is 0 Å². The molecule has 3 heterocycles. The van der Waals surface area contributed by atoms with E-state index in [0.717, 1.165) is 42.2 Å². The van der Waals surface area contributed by atoms with E-state index in [-0.39, 0.29) is 23.4 Å². The topological polar surface area (TPSA) is 118 Å². The van der Waals surface area contributed by atoms with Gasteiger partial charge in [-0.15, -0.1) is 0 Å². The Morgan fingerprint density at radius 1 is 0.973 bits per heavy atom. The molecule has 2 aliphatic heterocycles. The van der Waals surface area contributed by atoms with E-state index in [2.05, 4.69) is 16.0 Å². The molecule has 0 N–H and O–H groups in total. The number of rotatable bonds is 5. The number of hydrogen-bond donors (Lipinski definition) is 0. The summed E-state index contributed by atoms with van der Waals surface area (Å²) >= 11 is 0. The van der Waals surface area contributed by atoms with E-state index in [1.54, 1.807) is 40.1 Å². The van der Waals surface area contributed by atoms with Crippen molar-refractivity contribution in [2.24, 2.45) is 0 Å². The largest absolute Gasteiger partial charge is 0.353 e. The summed E-state index contributed by atoms with van der Waals surface area (Å²) in [5.41, 5.74) is 0.487. The van der Waals surface area contributed by atoms with Crippen molar-refractivity contribution in [1.82, 2.24) is 19.1 Å². The summed E-state index contributed by atoms with van der Waals surface area (Å²) in [6.45, 7) is 1.81. The Balaban J connectivity index is 1.34. The minimum absolute atomic E-state index is 0.0450. The quantitative estimate of drug-likeness (QED) is 0.592. The van der Waals surface area contributed by atoms with Gasteiger partial charge in [-0.25, -0.2) is 22.5 Å². The van der Waals surface area contributed by atoms with Gasteiger partial charge in [-0.2, -0.15) is 5.26 Å². The van der Waals surface area contributed by atoms with Gasteiger partial charge in [0.25, 0.3) is 10.0 Å². The van der Waals surface area contributed by atoms with Gasteiger partial charge >= 0.3 is 6.03 Å². The molecule has 1 unspecified atom stereocenters. The fourth-order valence-electron chi connectivity index (χ4n) is 5.48. The van der Waals surface area contributed by atoms with E-state index in [4.69, 9.17) is 5.26 Å². The molecule has 3 aliphatic rings. The van der Waals surface area contributed by atoms with E-state index in [9.17, 15) is 18.0 Å². The third-order valence-electron chi connectivity index (χ3n) is 7.49. The molecule has 0 bridgehead atoms. The van der Waals surface area contributed by atoms with Crippen molar-refractivity contribution in [3.05, 3.63) is 54.2 Å². The predicted octanol–water partition coefficient (Wildman–Crippen LogP) is 2.43. The first-order chi connectivity index (χ1) is 17.9. The standard InChI is InChI=1S/C26H30N6O4S/c27-17-20-11-12-24(28-18-20)29-13-15-30(16-14-29)25(33)23-19-31(37(35,36)22-9-5-2-6-10-22)26(34)32(23)21-7-3-1-4-8-21/h2,5-6,9-12,18,21,23H,1,3-4,7-8,13-16,19H2. The maximum atomic E-state index is 13.8. The number of amides is 3. The number of carbonyl (C=O) groups is 2. The van der Waals surface area contributed by atoms with Gasteiger partial charge in [-0.1, -0.05) is 37.5 Å². The molecule has 2 aromatic rings. The van der Waals surface area contributed by atoms with Crippen LogP contribution in [-0.4, -0.2) is 84.3 Å². The molecule has 3 fully saturated rings. The summed E-state index contributed by atoms with van der Waals surface area (Å²) in [6.07, 6.45) is 6.06. The Morgan fingerprint density at radius 3 is 2.30 bits per heavy atom. The molecule has 0 spiro atoms. The molecule has 3 amide bonds. The molecule has 10 nitrogen and oxygen atoms in total. The lowest BCUT2D eigenvalue weighted by Gasteiger charge is -2.39. The van der Waals surface area contributed by atoms with Gasteiger partial charge in [0.1, 0.15) is 17.9 Å². The summed E-state index contributed by atoms with van der Waals surface area (Å²) in [5, 5.41) is 8.99. The lowest BCUT2D eigenvalue weighted by atomic mass is 9.93. The van der Waals surface area contributed by atoms with Crippen LogP contribution in [0.1, 0.15) is 37.7 Å². The van der Waals surface area contributed by atoms with Crippen molar-refractivity contribution < 1.29 is 18.0 Å². The van der Waals surface area contributed by atoms with Crippen LogP contribution >= 0.6 is 0 Å². The van der Waals surface area contributed by atoms with E-state index < -0.39 is 22.1 Å². The number of aromatic nitrogens is 1. The van der Waals surface area contributed by atoms with Gasteiger partial charge < -0.3 is 14.7 Å². The van der Waals surface area contributed by atoms with Crippen LogP contribution in [0.2, 0.25) is 0 Å². The number of pyridine rings is 1. The molecule has 1 aromatic carbocycles. The molecule has 11 heteroatoms. The van der Waals surface area contributed by atoms with Gasteiger partial charge in [0.2, 0.25) is 5.91 Å². The third-order valence-corrected chi connectivity index (χ3v) is 9.24. The van der Waals surface area contributed by atoms with Crippen molar-refractivity contribution in [1.29, 1.82) is 5.26 Å². The van der Waals surface area contributed by atoms with E-state index in [1.165, 1.54) is 18.3 Å². The smallest absolute Gasteiger partial charge is 0.335 e. The van der Waals surface area contributed by atoms with Gasteiger partial charge in [0, 0.05) is 38.4 Å². The van der Waals surface area contributed by atoms with Crippen LogP contribution in [0.5, 0.6) is 0 Å². The molecule has 5 rings (SSSR count). The van der Waals surface area contributed by atoms with E-state index >= 15 is 0 Å². The number of nitriles is 1. The Hall–Kier alpha value is -3.65. The summed E-state index contributed by atoms with van der Waals surface area (Å²) in [5.74, 6) is 0.531. The fraction of sp³-hybridized carbons (Fsp3) is 0.462. The first-order valence-electron chi connectivity index (χ1n) is 12.7. The average Bonchev–Trinajstić information content (AvgIpc) is 3.31. The maximum Gasteiger partial charge on any atom is 0.335 e. The van der Waals surface area contributed by atoms with Crippen LogP contribution in [0, 0.1) is 11.3 Å². The van der Waals surface area contributed by atoms with Crippen LogP contribution in [0.3, 0.4) is 0 Å². The summed E-state index contributed by atoms with van der Waals surface area (Å²) in [6, 6.07) is 11.9. The van der Waals surface area contributed by atoms with Gasteiger partial charge in [-0.3, -0.25) is 4.79 Å². The lowest BCUT2D eigenvalue weighted by Crippen LogP contribution is -2.56. The number of nitrogens with zero attached hydrogens (tertiary/aromatic N) is 6. The van der Waals surface area contributed by atoms with Crippen molar-refractivity contribution in [3.8, 4) is 6.07 Å². The number of anilines is 1. The fourth-order valence-corrected chi connectivity index (χ4v) is 6.87. The summed E-state index contributed by atoms with van der Waals surface area (Å²) < 4.78 is 27.7. The van der Waals surface area contributed by atoms with Crippen LogP contribution < -0.4 is 4.90 Å². The first-order valence-corrected chi connectivity index (χ1v) is 14.1. The molecule has 1 saturated carbocycles. The van der Waals surface area contributed by atoms with E-state index in [0.29, 0.717) is 31.7 Å². The first kappa shape index (κ1) is 25.0. The Labute approximate surface area is 217 Å². The molecule has 1 aliphatic carbocycles. The zero-order valence-corrected chi connectivity index (χ0v) is 21.4. The highest BCUT2D eigenvalue weighted by Gasteiger charge is 2.50. The normalized spacial score (nSPS) is 21.3. The van der Waals surface area contributed by atoms with Crippen LogP contribution in [-0.2, 0) is 14.8 Å². The number of piperazine rings is 1. The van der Waals surface area contributed by atoms with Crippen LogP contribution in [0.15, 0.2) is 53.6 Å². The Morgan fingerprint density at radius 2 is 1.68 bits per heavy atom. The highest BCUT2D eigenvalue weighted by molar-refractivity contribution is 7.89. The number of hydrogen-bond acceptors (Lipinski definition) is 7. The molecule has 0 radical (unpaired) electrons. The Bertz CT molecular complexity index is 1280. The zero-order valence-electron chi connectivity index (χ0n) is 20.6. The van der Waals surface area contributed by atoms with Crippen molar-refractivity contribution in [2.75, 3.05) is 37.6 Å². The lowest BCUT2D eigenvalue weighted by molar-refractivity contribution is -0.136. The second-order valence-electron chi connectivity index (χ2n) is 9.68. The van der Waals surface area contributed by atoms with Gasteiger partial charge in [0.15, 0.2) is 0 Å². The molecule has 194 valence electrons. The highest BCUT2D eigenvalue weighted by atomic mass is 32.2. The molecular formula is C26H30N6O4S.